The van der Waals surface area contributed by atoms with E-state index in [-0.39, 0.29) is 17.5 Å². The molecule has 0 atom stereocenters. The molecule has 0 aliphatic carbocycles. The molecular formula is C10H13FO4. The third-order valence-corrected chi connectivity index (χ3v) is 1.43. The van der Waals surface area contributed by atoms with Crippen molar-refractivity contribution in [3.05, 3.63) is 24.0 Å². The van der Waals surface area contributed by atoms with Gasteiger partial charge in [0.2, 0.25) is 0 Å². The summed E-state index contributed by atoms with van der Waals surface area (Å²) in [6, 6.07) is 3.53. The van der Waals surface area contributed by atoms with Crippen LogP contribution in [0.5, 0.6) is 11.5 Å². The highest BCUT2D eigenvalue weighted by Gasteiger charge is 2.00. The minimum Gasteiger partial charge on any atom is -0.504 e. The average Bonchev–Trinajstić information content (AvgIpc) is 2.22. The summed E-state index contributed by atoms with van der Waals surface area (Å²) >= 11 is 0. The summed E-state index contributed by atoms with van der Waals surface area (Å²) in [5.41, 5.74) is 0. The average molecular weight is 216 g/mol. The van der Waals surface area contributed by atoms with Gasteiger partial charge in [0.15, 0.2) is 11.5 Å². The number of phenols is 1. The lowest BCUT2D eigenvalue weighted by Gasteiger charge is -2.00. The molecule has 15 heavy (non-hydrogen) atoms. The van der Waals surface area contributed by atoms with Crippen LogP contribution >= 0.6 is 0 Å². The quantitative estimate of drug-likeness (QED) is 0.726. The van der Waals surface area contributed by atoms with Crippen LogP contribution in [0.2, 0.25) is 0 Å². The molecule has 0 spiro atoms. The van der Waals surface area contributed by atoms with Gasteiger partial charge in [0.25, 0.3) is 0 Å². The van der Waals surface area contributed by atoms with E-state index < -0.39 is 5.82 Å². The Hall–Kier alpha value is -1.78. The van der Waals surface area contributed by atoms with Crippen molar-refractivity contribution in [1.82, 2.24) is 0 Å². The lowest BCUT2D eigenvalue weighted by Crippen LogP contribution is -1.88. The zero-order chi connectivity index (χ0) is 11.8. The molecule has 0 saturated heterocycles. The minimum atomic E-state index is -0.422. The number of aromatic hydroxyl groups is 1. The lowest BCUT2D eigenvalue weighted by atomic mass is 10.3. The van der Waals surface area contributed by atoms with Gasteiger partial charge in [0, 0.05) is 13.0 Å². The Labute approximate surface area is 87.2 Å². The standard InChI is InChI=1S/C7H7FO2.C3H6O2/c1-10-7-4-5(8)2-3-6(7)9;1-3(4)5-2/h2-4,9H,1H3;1-2H3. The summed E-state index contributed by atoms with van der Waals surface area (Å²) in [5, 5.41) is 8.94. The van der Waals surface area contributed by atoms with Crippen LogP contribution in [0, 0.1) is 5.82 Å². The third kappa shape index (κ3) is 5.51. The molecule has 0 aromatic heterocycles. The minimum absolute atomic E-state index is 0.0519. The van der Waals surface area contributed by atoms with E-state index in [1.54, 1.807) is 0 Å². The SMILES string of the molecule is COC(C)=O.COc1cc(F)ccc1O. The lowest BCUT2D eigenvalue weighted by molar-refractivity contribution is -0.137. The van der Waals surface area contributed by atoms with Crippen molar-refractivity contribution in [3.8, 4) is 11.5 Å². The molecule has 1 rings (SSSR count). The largest absolute Gasteiger partial charge is 0.504 e. The number of ether oxygens (including phenoxy) is 2. The number of hydrogen-bond donors (Lipinski definition) is 1. The van der Waals surface area contributed by atoms with Crippen molar-refractivity contribution in [1.29, 1.82) is 0 Å². The molecule has 1 aromatic carbocycles. The molecule has 4 nitrogen and oxygen atoms in total. The molecule has 1 aromatic rings. The number of carbonyl (C=O) groups excluding carboxylic acids is 1. The van der Waals surface area contributed by atoms with E-state index in [1.165, 1.54) is 27.2 Å². The van der Waals surface area contributed by atoms with E-state index in [4.69, 9.17) is 5.11 Å². The smallest absolute Gasteiger partial charge is 0.302 e. The van der Waals surface area contributed by atoms with Crippen molar-refractivity contribution in [3.63, 3.8) is 0 Å². The summed E-state index contributed by atoms with van der Waals surface area (Å²) < 4.78 is 21.1. The molecule has 0 unspecified atom stereocenters. The number of methoxy groups -OCH3 is 2. The second kappa shape index (κ2) is 6.64. The van der Waals surface area contributed by atoms with Crippen molar-refractivity contribution in [2.75, 3.05) is 14.2 Å². The van der Waals surface area contributed by atoms with Gasteiger partial charge in [-0.05, 0) is 12.1 Å². The van der Waals surface area contributed by atoms with Crippen molar-refractivity contribution in [2.45, 2.75) is 6.92 Å². The Kier molecular flexibility index (Phi) is 5.85. The molecule has 0 bridgehead atoms. The first-order chi connectivity index (χ1) is 7.01. The van der Waals surface area contributed by atoms with Crippen LogP contribution in [0.4, 0.5) is 4.39 Å². The molecule has 5 heteroatoms. The predicted octanol–water partition coefficient (Wildman–Crippen LogP) is 1.72. The van der Waals surface area contributed by atoms with Gasteiger partial charge in [-0.1, -0.05) is 0 Å². The molecule has 0 aliphatic rings. The van der Waals surface area contributed by atoms with Crippen molar-refractivity contribution < 1.29 is 23.8 Å². The molecule has 0 radical (unpaired) electrons. The second-order valence-electron chi connectivity index (χ2n) is 2.51. The topological polar surface area (TPSA) is 55.8 Å². The van der Waals surface area contributed by atoms with Crippen LogP contribution in [-0.2, 0) is 9.53 Å². The van der Waals surface area contributed by atoms with Gasteiger partial charge in [0.05, 0.1) is 14.2 Å². The Balaban J connectivity index is 0.000000336. The van der Waals surface area contributed by atoms with Crippen molar-refractivity contribution in [2.24, 2.45) is 0 Å². The summed E-state index contributed by atoms with van der Waals surface area (Å²) in [4.78, 5) is 9.59. The van der Waals surface area contributed by atoms with Crippen LogP contribution in [0.1, 0.15) is 6.92 Å². The van der Waals surface area contributed by atoms with E-state index in [0.29, 0.717) is 0 Å². The molecule has 0 amide bonds. The summed E-state index contributed by atoms with van der Waals surface area (Å²) in [6.07, 6.45) is 0. The molecular weight excluding hydrogens is 203 g/mol. The van der Waals surface area contributed by atoms with E-state index in [0.717, 1.165) is 12.1 Å². The summed E-state index contributed by atoms with van der Waals surface area (Å²) in [5.74, 6) is -0.566. The highest BCUT2D eigenvalue weighted by atomic mass is 19.1. The van der Waals surface area contributed by atoms with Gasteiger partial charge < -0.3 is 14.6 Å². The number of esters is 1. The molecule has 0 saturated carbocycles. The molecule has 0 aliphatic heterocycles. The van der Waals surface area contributed by atoms with Gasteiger partial charge in [0.1, 0.15) is 5.82 Å². The molecule has 0 fully saturated rings. The summed E-state index contributed by atoms with van der Waals surface area (Å²) in [7, 11) is 2.72. The van der Waals surface area contributed by atoms with Gasteiger partial charge in [-0.25, -0.2) is 4.39 Å². The zero-order valence-electron chi connectivity index (χ0n) is 8.78. The fraction of sp³-hybridized carbons (Fsp3) is 0.300. The van der Waals surface area contributed by atoms with Crippen LogP contribution in [0.3, 0.4) is 0 Å². The number of halogens is 1. The maximum atomic E-state index is 12.3. The van der Waals surface area contributed by atoms with Gasteiger partial charge in [-0.15, -0.1) is 0 Å². The normalized spacial score (nSPS) is 8.53. The number of benzene rings is 1. The molecule has 0 heterocycles. The highest BCUT2D eigenvalue weighted by Crippen LogP contribution is 2.25. The number of phenolic OH excluding ortho intramolecular Hbond substituents is 1. The monoisotopic (exact) mass is 216 g/mol. The first-order valence-corrected chi connectivity index (χ1v) is 4.08. The van der Waals surface area contributed by atoms with Crippen LogP contribution in [0.25, 0.3) is 0 Å². The summed E-state index contributed by atoms with van der Waals surface area (Å²) in [6.45, 7) is 1.36. The van der Waals surface area contributed by atoms with Crippen LogP contribution < -0.4 is 4.74 Å². The maximum Gasteiger partial charge on any atom is 0.302 e. The highest BCUT2D eigenvalue weighted by molar-refractivity contribution is 5.65. The first kappa shape index (κ1) is 13.2. The van der Waals surface area contributed by atoms with Gasteiger partial charge >= 0.3 is 5.97 Å². The third-order valence-electron chi connectivity index (χ3n) is 1.43. The fourth-order valence-corrected chi connectivity index (χ4v) is 0.651. The number of carbonyl (C=O) groups is 1. The van der Waals surface area contributed by atoms with E-state index in [2.05, 4.69) is 9.47 Å². The van der Waals surface area contributed by atoms with Crippen LogP contribution in [0.15, 0.2) is 18.2 Å². The van der Waals surface area contributed by atoms with Gasteiger partial charge in [-0.3, -0.25) is 4.79 Å². The number of rotatable bonds is 1. The molecule has 1 N–H and O–H groups in total. The maximum absolute atomic E-state index is 12.3. The predicted molar refractivity (Wildman–Crippen MR) is 52.3 cm³/mol. The fourth-order valence-electron chi connectivity index (χ4n) is 0.651. The van der Waals surface area contributed by atoms with E-state index >= 15 is 0 Å². The Morgan fingerprint density at radius 3 is 2.27 bits per heavy atom. The Morgan fingerprint density at radius 1 is 1.40 bits per heavy atom. The van der Waals surface area contributed by atoms with Gasteiger partial charge in [-0.2, -0.15) is 0 Å². The van der Waals surface area contributed by atoms with E-state index in [1.807, 2.05) is 0 Å². The zero-order valence-corrected chi connectivity index (χ0v) is 8.78. The van der Waals surface area contributed by atoms with Crippen LogP contribution in [-0.4, -0.2) is 25.3 Å². The first-order valence-electron chi connectivity index (χ1n) is 4.08. The molecule has 84 valence electrons. The Morgan fingerprint density at radius 2 is 1.93 bits per heavy atom. The number of hydrogen-bond acceptors (Lipinski definition) is 4. The Bertz CT molecular complexity index is 325. The van der Waals surface area contributed by atoms with E-state index in [9.17, 15) is 9.18 Å². The van der Waals surface area contributed by atoms with Crippen molar-refractivity contribution >= 4 is 5.97 Å². The second-order valence-corrected chi connectivity index (χ2v) is 2.51.